The maximum atomic E-state index is 2.36. The second-order valence-corrected chi connectivity index (χ2v) is 3.60. The molecule has 0 saturated heterocycles. The summed E-state index contributed by atoms with van der Waals surface area (Å²) in [4.78, 5) is 0. The summed E-state index contributed by atoms with van der Waals surface area (Å²) in [5, 5.41) is 0. The Bertz CT molecular complexity index is 140. The van der Waals surface area contributed by atoms with E-state index in [1.807, 2.05) is 0 Å². The van der Waals surface area contributed by atoms with E-state index in [1.54, 1.807) is 5.92 Å². The Morgan fingerprint density at radius 2 is 2.00 bits per heavy atom. The number of hydrogen-bond acceptors (Lipinski definition) is 0. The van der Waals surface area contributed by atoms with Crippen molar-refractivity contribution < 1.29 is 0 Å². The minimum Gasteiger partial charge on any atom is -0.0799 e. The van der Waals surface area contributed by atoms with Gasteiger partial charge in [-0.3, -0.25) is 0 Å². The fraction of sp³-hybridized carbons (Fsp3) is 0.667. The number of rotatable bonds is 1. The average molecular weight is 123 g/mol. The SMILES string of the molecule is C[C]1CC1(C)C=C(C)C. The molecule has 0 spiro atoms. The maximum absolute atomic E-state index is 2.36. The molecule has 1 atom stereocenters. The highest BCUT2D eigenvalue weighted by atomic mass is 14.5. The van der Waals surface area contributed by atoms with Gasteiger partial charge in [0.1, 0.15) is 0 Å². The van der Waals surface area contributed by atoms with Gasteiger partial charge in [-0.25, -0.2) is 0 Å². The first-order valence-corrected chi connectivity index (χ1v) is 3.53. The zero-order chi connectivity index (χ0) is 7.07. The molecule has 9 heavy (non-hydrogen) atoms. The summed E-state index contributed by atoms with van der Waals surface area (Å²) in [5.41, 5.74) is 1.92. The highest BCUT2D eigenvalue weighted by molar-refractivity contribution is 5.30. The van der Waals surface area contributed by atoms with Gasteiger partial charge in [-0.15, -0.1) is 0 Å². The van der Waals surface area contributed by atoms with E-state index in [2.05, 4.69) is 33.8 Å². The molecule has 1 saturated carbocycles. The fourth-order valence-corrected chi connectivity index (χ4v) is 1.32. The Balaban J connectivity index is 2.56. The van der Waals surface area contributed by atoms with E-state index in [9.17, 15) is 0 Å². The highest BCUT2D eigenvalue weighted by Crippen LogP contribution is 2.55. The predicted octanol–water partition coefficient (Wildman–Crippen LogP) is 2.96. The van der Waals surface area contributed by atoms with Crippen LogP contribution in [0, 0.1) is 11.3 Å². The summed E-state index contributed by atoms with van der Waals surface area (Å²) in [6.07, 6.45) is 3.67. The van der Waals surface area contributed by atoms with Gasteiger partial charge < -0.3 is 0 Å². The molecule has 0 amide bonds. The largest absolute Gasteiger partial charge is 0.0799 e. The van der Waals surface area contributed by atoms with Crippen molar-refractivity contribution in [3.63, 3.8) is 0 Å². The van der Waals surface area contributed by atoms with E-state index >= 15 is 0 Å². The van der Waals surface area contributed by atoms with Gasteiger partial charge in [0, 0.05) is 0 Å². The average Bonchev–Trinajstić information content (AvgIpc) is 2.10. The Morgan fingerprint density at radius 1 is 1.56 bits per heavy atom. The molecule has 0 aromatic heterocycles. The van der Waals surface area contributed by atoms with Crippen molar-refractivity contribution in [2.75, 3.05) is 0 Å². The van der Waals surface area contributed by atoms with E-state index in [0.29, 0.717) is 5.41 Å². The van der Waals surface area contributed by atoms with Crippen LogP contribution in [0.15, 0.2) is 11.6 Å². The van der Waals surface area contributed by atoms with Crippen LogP contribution in [0.25, 0.3) is 0 Å². The molecule has 0 heteroatoms. The lowest BCUT2D eigenvalue weighted by atomic mass is 10.0. The van der Waals surface area contributed by atoms with Crippen LogP contribution >= 0.6 is 0 Å². The molecule has 0 aliphatic heterocycles. The quantitative estimate of drug-likeness (QED) is 0.470. The minimum absolute atomic E-state index is 0.485. The molecule has 0 aromatic rings. The lowest BCUT2D eigenvalue weighted by molar-refractivity contribution is 0.750. The molecule has 1 rings (SSSR count). The van der Waals surface area contributed by atoms with Gasteiger partial charge in [0.2, 0.25) is 0 Å². The summed E-state index contributed by atoms with van der Waals surface area (Å²) in [6, 6.07) is 0. The first-order valence-electron chi connectivity index (χ1n) is 3.53. The summed E-state index contributed by atoms with van der Waals surface area (Å²) >= 11 is 0. The molecule has 0 N–H and O–H groups in total. The Labute approximate surface area is 58.0 Å². The van der Waals surface area contributed by atoms with Crippen LogP contribution in [0.4, 0.5) is 0 Å². The Kier molecular flexibility index (Phi) is 1.42. The number of hydrogen-bond donors (Lipinski definition) is 0. The van der Waals surface area contributed by atoms with Gasteiger partial charge in [0.15, 0.2) is 0 Å². The van der Waals surface area contributed by atoms with Crippen LogP contribution in [0.1, 0.15) is 34.1 Å². The van der Waals surface area contributed by atoms with Crippen molar-refractivity contribution in [3.05, 3.63) is 17.6 Å². The molecule has 1 fully saturated rings. The van der Waals surface area contributed by atoms with Gasteiger partial charge in [-0.1, -0.05) is 25.5 Å². The summed E-state index contributed by atoms with van der Waals surface area (Å²) in [5.74, 6) is 1.63. The third-order valence-corrected chi connectivity index (χ3v) is 2.09. The van der Waals surface area contributed by atoms with E-state index in [-0.39, 0.29) is 0 Å². The molecular weight excluding hydrogens is 108 g/mol. The monoisotopic (exact) mass is 123 g/mol. The molecule has 1 aliphatic rings. The molecule has 51 valence electrons. The zero-order valence-corrected chi connectivity index (χ0v) is 6.78. The Hall–Kier alpha value is -0.260. The molecule has 0 nitrogen and oxygen atoms in total. The first-order chi connectivity index (χ1) is 4.04. The second kappa shape index (κ2) is 1.86. The molecule has 1 unspecified atom stereocenters. The van der Waals surface area contributed by atoms with E-state index < -0.39 is 0 Å². The smallest absolute Gasteiger partial charge is 0.00787 e. The lowest BCUT2D eigenvalue weighted by Crippen LogP contribution is -1.88. The van der Waals surface area contributed by atoms with Crippen LogP contribution < -0.4 is 0 Å². The van der Waals surface area contributed by atoms with Crippen LogP contribution in [0.5, 0.6) is 0 Å². The molecule has 0 heterocycles. The van der Waals surface area contributed by atoms with Crippen molar-refractivity contribution in [2.24, 2.45) is 5.41 Å². The molecular formula is C9H15. The topological polar surface area (TPSA) is 0 Å². The molecule has 1 aliphatic carbocycles. The highest BCUT2D eigenvalue weighted by Gasteiger charge is 2.44. The van der Waals surface area contributed by atoms with Gasteiger partial charge in [0.05, 0.1) is 0 Å². The van der Waals surface area contributed by atoms with Crippen LogP contribution in [-0.4, -0.2) is 0 Å². The third kappa shape index (κ3) is 1.35. The minimum atomic E-state index is 0.485. The first kappa shape index (κ1) is 6.85. The molecule has 1 radical (unpaired) electrons. The van der Waals surface area contributed by atoms with Gasteiger partial charge in [0.25, 0.3) is 0 Å². The molecule has 0 aromatic carbocycles. The van der Waals surface area contributed by atoms with E-state index in [4.69, 9.17) is 0 Å². The standard InChI is InChI=1S/C9H15/c1-7(2)5-9(4)6-8(9)3/h5H,6H2,1-4H3. The third-order valence-electron chi connectivity index (χ3n) is 2.09. The van der Waals surface area contributed by atoms with Gasteiger partial charge in [-0.05, 0) is 31.6 Å². The second-order valence-electron chi connectivity index (χ2n) is 3.60. The van der Waals surface area contributed by atoms with Crippen LogP contribution in [0.3, 0.4) is 0 Å². The van der Waals surface area contributed by atoms with Crippen LogP contribution in [0.2, 0.25) is 0 Å². The van der Waals surface area contributed by atoms with Gasteiger partial charge >= 0.3 is 0 Å². The van der Waals surface area contributed by atoms with Crippen molar-refractivity contribution in [1.29, 1.82) is 0 Å². The zero-order valence-electron chi connectivity index (χ0n) is 6.78. The van der Waals surface area contributed by atoms with Crippen molar-refractivity contribution in [1.82, 2.24) is 0 Å². The summed E-state index contributed by atoms with van der Waals surface area (Å²) in [7, 11) is 0. The normalized spacial score (nSPS) is 34.2. The van der Waals surface area contributed by atoms with Gasteiger partial charge in [-0.2, -0.15) is 0 Å². The number of allylic oxidation sites excluding steroid dienone is 2. The summed E-state index contributed by atoms with van der Waals surface area (Å²) in [6.45, 7) is 8.86. The summed E-state index contributed by atoms with van der Waals surface area (Å²) < 4.78 is 0. The van der Waals surface area contributed by atoms with E-state index in [0.717, 1.165) is 0 Å². The van der Waals surface area contributed by atoms with Crippen molar-refractivity contribution in [2.45, 2.75) is 34.1 Å². The maximum Gasteiger partial charge on any atom is -0.00787 e. The van der Waals surface area contributed by atoms with E-state index in [1.165, 1.54) is 12.0 Å². The lowest BCUT2D eigenvalue weighted by Gasteiger charge is -2.00. The molecule has 0 bridgehead atoms. The van der Waals surface area contributed by atoms with Crippen LogP contribution in [-0.2, 0) is 0 Å². The predicted molar refractivity (Wildman–Crippen MR) is 41.1 cm³/mol. The fourth-order valence-electron chi connectivity index (χ4n) is 1.32. The van der Waals surface area contributed by atoms with Crippen molar-refractivity contribution in [3.8, 4) is 0 Å². The van der Waals surface area contributed by atoms with Crippen molar-refractivity contribution >= 4 is 0 Å². The Morgan fingerprint density at radius 3 is 2.11 bits per heavy atom.